The van der Waals surface area contributed by atoms with Gasteiger partial charge < -0.3 is 15.4 Å². The number of likely N-dealkylation sites (N-methyl/N-ethyl adjacent to an activating group) is 1. The Balaban J connectivity index is 1.97. The molecule has 0 bridgehead atoms. The van der Waals surface area contributed by atoms with Gasteiger partial charge in [0, 0.05) is 32.1 Å². The quantitative estimate of drug-likeness (QED) is 0.809. The summed E-state index contributed by atoms with van der Waals surface area (Å²) in [6.45, 7) is 1.33. The third kappa shape index (κ3) is 2.74. The first-order valence-electron chi connectivity index (χ1n) is 5.77. The smallest absolute Gasteiger partial charge is 0.263 e. The molecule has 1 aromatic heterocycles. The summed E-state index contributed by atoms with van der Waals surface area (Å²) in [4.78, 5) is 17.5. The van der Waals surface area contributed by atoms with Gasteiger partial charge in [-0.15, -0.1) is 0 Å². The second kappa shape index (κ2) is 5.14. The highest BCUT2D eigenvalue weighted by Crippen LogP contribution is 2.17. The third-order valence-electron chi connectivity index (χ3n) is 2.85. The maximum Gasteiger partial charge on any atom is 0.263 e. The lowest BCUT2D eigenvalue weighted by atomic mass is 10.2. The minimum Gasteiger partial charge on any atom is -0.479 e. The zero-order chi connectivity index (χ0) is 12.3. The minimum atomic E-state index is -0.359. The summed E-state index contributed by atoms with van der Waals surface area (Å²) < 4.78 is 5.61. The summed E-state index contributed by atoms with van der Waals surface area (Å²) in [5, 5.41) is 0. The molecular formula is C12H17N3O2. The van der Waals surface area contributed by atoms with E-state index in [1.165, 1.54) is 0 Å². The molecule has 1 fully saturated rings. The second-order valence-electron chi connectivity index (χ2n) is 4.18. The van der Waals surface area contributed by atoms with Gasteiger partial charge in [-0.2, -0.15) is 0 Å². The molecular weight excluding hydrogens is 218 g/mol. The summed E-state index contributed by atoms with van der Waals surface area (Å²) >= 11 is 0. The molecule has 2 N–H and O–H groups in total. The molecule has 17 heavy (non-hydrogen) atoms. The molecule has 92 valence electrons. The van der Waals surface area contributed by atoms with Crippen LogP contribution in [0.15, 0.2) is 18.3 Å². The van der Waals surface area contributed by atoms with Crippen LogP contribution in [0.1, 0.15) is 12.1 Å². The highest BCUT2D eigenvalue weighted by molar-refractivity contribution is 5.83. The van der Waals surface area contributed by atoms with E-state index in [0.717, 1.165) is 25.1 Å². The van der Waals surface area contributed by atoms with Crippen LogP contribution in [0.5, 0.6) is 5.75 Å². The van der Waals surface area contributed by atoms with Crippen molar-refractivity contribution in [3.05, 3.63) is 24.0 Å². The molecule has 1 atom stereocenters. The van der Waals surface area contributed by atoms with Crippen molar-refractivity contribution in [2.75, 3.05) is 20.1 Å². The molecule has 1 aliphatic heterocycles. The van der Waals surface area contributed by atoms with E-state index in [-0.39, 0.29) is 12.0 Å². The zero-order valence-electron chi connectivity index (χ0n) is 9.93. The van der Waals surface area contributed by atoms with E-state index in [0.29, 0.717) is 12.3 Å². The van der Waals surface area contributed by atoms with Gasteiger partial charge in [0.1, 0.15) is 5.75 Å². The Kier molecular flexibility index (Phi) is 3.58. The number of nitrogens with two attached hydrogens (primary N) is 1. The molecule has 0 aromatic carbocycles. The van der Waals surface area contributed by atoms with Crippen molar-refractivity contribution in [2.24, 2.45) is 5.73 Å². The standard InChI is InChI=1S/C12H17N3O2/c1-15-7-5-11(12(15)16)17-10-3-2-9(4-6-13)14-8-10/h2-3,8,11H,4-7,13H2,1H3. The monoisotopic (exact) mass is 235 g/mol. The Hall–Kier alpha value is -1.62. The molecule has 0 spiro atoms. The van der Waals surface area contributed by atoms with Crippen LogP contribution in [0.3, 0.4) is 0 Å². The van der Waals surface area contributed by atoms with Crippen LogP contribution < -0.4 is 10.5 Å². The Morgan fingerprint density at radius 3 is 2.94 bits per heavy atom. The van der Waals surface area contributed by atoms with Crippen molar-refractivity contribution >= 4 is 5.91 Å². The van der Waals surface area contributed by atoms with Gasteiger partial charge in [0.2, 0.25) is 0 Å². The number of hydrogen-bond acceptors (Lipinski definition) is 4. The Morgan fingerprint density at radius 2 is 2.41 bits per heavy atom. The number of aromatic nitrogens is 1. The van der Waals surface area contributed by atoms with Crippen LogP contribution in [0.4, 0.5) is 0 Å². The number of pyridine rings is 1. The van der Waals surface area contributed by atoms with Gasteiger partial charge in [-0.05, 0) is 18.7 Å². The number of rotatable bonds is 4. The third-order valence-corrected chi connectivity index (χ3v) is 2.85. The van der Waals surface area contributed by atoms with Crippen molar-refractivity contribution in [3.8, 4) is 5.75 Å². The lowest BCUT2D eigenvalue weighted by Crippen LogP contribution is -2.29. The van der Waals surface area contributed by atoms with E-state index < -0.39 is 0 Å². The summed E-state index contributed by atoms with van der Waals surface area (Å²) in [5.74, 6) is 0.676. The first-order chi connectivity index (χ1) is 8.20. The normalized spacial score (nSPS) is 19.8. The lowest BCUT2D eigenvalue weighted by molar-refractivity contribution is -0.132. The Labute approximate surface area is 101 Å². The number of likely N-dealkylation sites (tertiary alicyclic amines) is 1. The number of hydrogen-bond donors (Lipinski definition) is 1. The molecule has 1 aromatic rings. The van der Waals surface area contributed by atoms with E-state index in [1.54, 1.807) is 18.1 Å². The largest absolute Gasteiger partial charge is 0.479 e. The first-order valence-corrected chi connectivity index (χ1v) is 5.77. The molecule has 0 aliphatic carbocycles. The van der Waals surface area contributed by atoms with E-state index in [1.807, 2.05) is 12.1 Å². The molecule has 0 saturated carbocycles. The van der Waals surface area contributed by atoms with Crippen molar-refractivity contribution in [1.29, 1.82) is 0 Å². The van der Waals surface area contributed by atoms with Crippen molar-refractivity contribution in [3.63, 3.8) is 0 Å². The molecule has 1 saturated heterocycles. The van der Waals surface area contributed by atoms with E-state index >= 15 is 0 Å². The van der Waals surface area contributed by atoms with E-state index in [4.69, 9.17) is 10.5 Å². The fourth-order valence-electron chi connectivity index (χ4n) is 1.84. The Bertz CT molecular complexity index is 391. The summed E-state index contributed by atoms with van der Waals surface area (Å²) in [5.41, 5.74) is 6.38. The van der Waals surface area contributed by atoms with Gasteiger partial charge in [0.15, 0.2) is 6.10 Å². The molecule has 1 amide bonds. The zero-order valence-corrected chi connectivity index (χ0v) is 9.93. The van der Waals surface area contributed by atoms with E-state index in [2.05, 4.69) is 4.98 Å². The number of nitrogens with zero attached hydrogens (tertiary/aromatic N) is 2. The highest BCUT2D eigenvalue weighted by atomic mass is 16.5. The topological polar surface area (TPSA) is 68.5 Å². The average Bonchev–Trinajstić information content (AvgIpc) is 2.64. The van der Waals surface area contributed by atoms with Crippen LogP contribution >= 0.6 is 0 Å². The predicted molar refractivity (Wildman–Crippen MR) is 63.7 cm³/mol. The van der Waals surface area contributed by atoms with Gasteiger partial charge in [-0.3, -0.25) is 9.78 Å². The van der Waals surface area contributed by atoms with Crippen molar-refractivity contribution in [2.45, 2.75) is 18.9 Å². The fraction of sp³-hybridized carbons (Fsp3) is 0.500. The van der Waals surface area contributed by atoms with Crippen LogP contribution in [-0.2, 0) is 11.2 Å². The first kappa shape index (κ1) is 11.9. The van der Waals surface area contributed by atoms with Gasteiger partial charge in [-0.1, -0.05) is 0 Å². The number of ether oxygens (including phenoxy) is 1. The second-order valence-corrected chi connectivity index (χ2v) is 4.18. The van der Waals surface area contributed by atoms with Crippen LogP contribution in [-0.4, -0.2) is 42.0 Å². The summed E-state index contributed by atoms with van der Waals surface area (Å²) in [6.07, 6.45) is 2.78. The van der Waals surface area contributed by atoms with Crippen LogP contribution in [0.25, 0.3) is 0 Å². The highest BCUT2D eigenvalue weighted by Gasteiger charge is 2.30. The van der Waals surface area contributed by atoms with Gasteiger partial charge >= 0.3 is 0 Å². The summed E-state index contributed by atoms with van der Waals surface area (Å²) in [7, 11) is 1.79. The van der Waals surface area contributed by atoms with Crippen molar-refractivity contribution < 1.29 is 9.53 Å². The SMILES string of the molecule is CN1CCC(Oc2ccc(CCN)nc2)C1=O. The molecule has 5 heteroatoms. The Morgan fingerprint density at radius 1 is 1.59 bits per heavy atom. The fourth-order valence-corrected chi connectivity index (χ4v) is 1.84. The van der Waals surface area contributed by atoms with Gasteiger partial charge in [0.05, 0.1) is 6.20 Å². The molecule has 2 rings (SSSR count). The lowest BCUT2D eigenvalue weighted by Gasteiger charge is -2.12. The molecule has 0 radical (unpaired) electrons. The number of carbonyl (C=O) groups is 1. The minimum absolute atomic E-state index is 0.0380. The number of amides is 1. The van der Waals surface area contributed by atoms with Gasteiger partial charge in [-0.25, -0.2) is 0 Å². The maximum atomic E-state index is 11.6. The van der Waals surface area contributed by atoms with Crippen LogP contribution in [0, 0.1) is 0 Å². The number of carbonyl (C=O) groups excluding carboxylic acids is 1. The van der Waals surface area contributed by atoms with E-state index in [9.17, 15) is 4.79 Å². The summed E-state index contributed by atoms with van der Waals surface area (Å²) in [6, 6.07) is 3.72. The predicted octanol–water partition coefficient (Wildman–Crippen LogP) is 0.192. The maximum absolute atomic E-state index is 11.6. The molecule has 1 aliphatic rings. The van der Waals surface area contributed by atoms with Crippen molar-refractivity contribution in [1.82, 2.24) is 9.88 Å². The molecule has 5 nitrogen and oxygen atoms in total. The molecule has 1 unspecified atom stereocenters. The molecule has 2 heterocycles. The van der Waals surface area contributed by atoms with Gasteiger partial charge in [0.25, 0.3) is 5.91 Å². The average molecular weight is 235 g/mol. The van der Waals surface area contributed by atoms with Crippen LogP contribution in [0.2, 0.25) is 0 Å².